The van der Waals surface area contributed by atoms with E-state index in [0.29, 0.717) is 5.41 Å². The van der Waals surface area contributed by atoms with Crippen molar-refractivity contribution in [3.63, 3.8) is 0 Å². The Kier molecular flexibility index (Phi) is 3.49. The monoisotopic (exact) mass is 334 g/mol. The van der Waals surface area contributed by atoms with Crippen LogP contribution >= 0.6 is 0 Å². The minimum absolute atomic E-state index is 0.0520. The summed E-state index contributed by atoms with van der Waals surface area (Å²) < 4.78 is 12.1. The zero-order valence-corrected chi connectivity index (χ0v) is 15.4. The van der Waals surface area contributed by atoms with Gasteiger partial charge in [0.1, 0.15) is 0 Å². The van der Waals surface area contributed by atoms with Gasteiger partial charge in [-0.3, -0.25) is 0 Å². The maximum Gasteiger partial charge on any atom is 0.168 e. The topological polar surface area (TPSA) is 38.7 Å². The van der Waals surface area contributed by atoms with Gasteiger partial charge in [-0.15, -0.1) is 0 Å². The Morgan fingerprint density at radius 3 is 2.33 bits per heavy atom. The van der Waals surface area contributed by atoms with Crippen LogP contribution in [0.5, 0.6) is 0 Å². The average molecular weight is 335 g/mol. The second-order valence-corrected chi connectivity index (χ2v) is 10.1. The molecule has 7 atom stereocenters. The molecule has 1 spiro atoms. The first-order valence-corrected chi connectivity index (χ1v) is 10.4. The molecule has 0 aromatic carbocycles. The highest BCUT2D eigenvalue weighted by atomic mass is 16.7. The van der Waals surface area contributed by atoms with Crippen molar-refractivity contribution in [2.75, 3.05) is 13.2 Å². The number of ether oxygens (including phenoxy) is 2. The summed E-state index contributed by atoms with van der Waals surface area (Å²) >= 11 is 0. The molecule has 0 aromatic rings. The van der Waals surface area contributed by atoms with Crippen molar-refractivity contribution in [2.24, 2.45) is 34.5 Å². The molecule has 136 valence electrons. The van der Waals surface area contributed by atoms with Crippen molar-refractivity contribution in [3.05, 3.63) is 0 Å². The zero-order chi connectivity index (χ0) is 16.6. The first-order chi connectivity index (χ1) is 11.5. The van der Waals surface area contributed by atoms with Crippen molar-refractivity contribution < 1.29 is 14.6 Å². The van der Waals surface area contributed by atoms with E-state index in [1.807, 2.05) is 0 Å². The lowest BCUT2D eigenvalue weighted by Crippen LogP contribution is -2.56. The van der Waals surface area contributed by atoms with E-state index in [1.54, 1.807) is 0 Å². The molecule has 5 rings (SSSR count). The summed E-state index contributed by atoms with van der Waals surface area (Å²) in [6.07, 6.45) is 11.0. The molecule has 0 unspecified atom stereocenters. The first kappa shape index (κ1) is 16.1. The van der Waals surface area contributed by atoms with Crippen molar-refractivity contribution in [1.82, 2.24) is 0 Å². The number of aliphatic hydroxyl groups is 1. The highest BCUT2D eigenvalue weighted by molar-refractivity contribution is 5.10. The van der Waals surface area contributed by atoms with Crippen LogP contribution in [0.25, 0.3) is 0 Å². The third-order valence-corrected chi connectivity index (χ3v) is 9.43. The van der Waals surface area contributed by atoms with Crippen molar-refractivity contribution in [1.29, 1.82) is 0 Å². The lowest BCUT2D eigenvalue weighted by Gasteiger charge is -2.61. The van der Waals surface area contributed by atoms with Gasteiger partial charge in [-0.2, -0.15) is 0 Å². The largest absolute Gasteiger partial charge is 0.393 e. The van der Waals surface area contributed by atoms with Crippen LogP contribution in [0.4, 0.5) is 0 Å². The summed E-state index contributed by atoms with van der Waals surface area (Å²) in [5.41, 5.74) is 0.677. The lowest BCUT2D eigenvalue weighted by molar-refractivity contribution is -0.230. The second-order valence-electron chi connectivity index (χ2n) is 10.1. The summed E-state index contributed by atoms with van der Waals surface area (Å²) in [6, 6.07) is 0. The van der Waals surface area contributed by atoms with Crippen molar-refractivity contribution in [2.45, 2.75) is 83.5 Å². The molecule has 3 nitrogen and oxygen atoms in total. The molecule has 1 N–H and O–H groups in total. The predicted molar refractivity (Wildman–Crippen MR) is 92.4 cm³/mol. The molecule has 4 saturated carbocycles. The minimum atomic E-state index is -0.232. The molecule has 5 fully saturated rings. The van der Waals surface area contributed by atoms with Crippen molar-refractivity contribution in [3.8, 4) is 0 Å². The first-order valence-electron chi connectivity index (χ1n) is 10.4. The van der Waals surface area contributed by atoms with E-state index in [-0.39, 0.29) is 17.3 Å². The van der Waals surface area contributed by atoms with Gasteiger partial charge in [0.25, 0.3) is 0 Å². The molecule has 5 aliphatic rings. The summed E-state index contributed by atoms with van der Waals surface area (Å²) in [4.78, 5) is 0. The molecule has 0 amide bonds. The van der Waals surface area contributed by atoms with Crippen LogP contribution in [0.15, 0.2) is 0 Å². The van der Waals surface area contributed by atoms with E-state index in [0.717, 1.165) is 56.1 Å². The van der Waals surface area contributed by atoms with Crippen LogP contribution in [-0.4, -0.2) is 30.2 Å². The molecule has 1 heterocycles. The zero-order valence-electron chi connectivity index (χ0n) is 15.4. The summed E-state index contributed by atoms with van der Waals surface area (Å²) in [5.74, 6) is 3.00. The highest BCUT2D eigenvalue weighted by Gasteiger charge is 2.61. The fourth-order valence-electron chi connectivity index (χ4n) is 7.93. The Hall–Kier alpha value is -0.120. The molecular weight excluding hydrogens is 300 g/mol. The number of rotatable bonds is 0. The maximum atomic E-state index is 10.6. The second kappa shape index (κ2) is 5.20. The SMILES string of the molecule is C[C@]12CCC3(C[C@@H]1CC[C@@H]1[C@@H]2CC[C@@]2(C)[C@H](O)CC[C@@H]12)OCCO3. The van der Waals surface area contributed by atoms with E-state index < -0.39 is 0 Å². The van der Waals surface area contributed by atoms with Crippen molar-refractivity contribution >= 4 is 0 Å². The van der Waals surface area contributed by atoms with Gasteiger partial charge in [0.2, 0.25) is 0 Å². The fraction of sp³-hybridized carbons (Fsp3) is 1.00. The summed E-state index contributed by atoms with van der Waals surface area (Å²) in [5, 5.41) is 10.6. The summed E-state index contributed by atoms with van der Waals surface area (Å²) in [7, 11) is 0. The van der Waals surface area contributed by atoms with Crippen LogP contribution in [0.1, 0.15) is 71.6 Å². The minimum Gasteiger partial charge on any atom is -0.393 e. The van der Waals surface area contributed by atoms with Crippen LogP contribution in [-0.2, 0) is 9.47 Å². The standard InChI is InChI=1S/C21H34O3/c1-19-9-10-21(23-11-12-24-21)13-14(19)3-4-15-16-5-6-18(22)20(16,2)8-7-17(15)19/h14-18,22H,3-13H2,1-2H3/t14-,15-,16-,17-,18+,19-,20+/m0/s1. The Balaban J connectivity index is 1.41. The fourth-order valence-corrected chi connectivity index (χ4v) is 7.93. The third kappa shape index (κ3) is 2.01. The molecule has 0 aromatic heterocycles. The van der Waals surface area contributed by atoms with Gasteiger partial charge in [-0.05, 0) is 79.4 Å². The highest BCUT2D eigenvalue weighted by Crippen LogP contribution is 2.67. The van der Waals surface area contributed by atoms with Gasteiger partial charge in [0.15, 0.2) is 5.79 Å². The van der Waals surface area contributed by atoms with Crippen LogP contribution in [0.2, 0.25) is 0 Å². The number of aliphatic hydroxyl groups excluding tert-OH is 1. The quantitative estimate of drug-likeness (QED) is 0.724. The molecule has 1 aliphatic heterocycles. The molecule has 4 aliphatic carbocycles. The van der Waals surface area contributed by atoms with Gasteiger partial charge in [0.05, 0.1) is 19.3 Å². The van der Waals surface area contributed by atoms with E-state index in [2.05, 4.69) is 13.8 Å². The predicted octanol–water partition coefficient (Wildman–Crippen LogP) is 4.13. The third-order valence-electron chi connectivity index (χ3n) is 9.43. The molecule has 0 radical (unpaired) electrons. The Bertz CT molecular complexity index is 513. The normalized spacial score (nSPS) is 55.9. The molecular formula is C21H34O3. The van der Waals surface area contributed by atoms with Gasteiger partial charge < -0.3 is 14.6 Å². The molecule has 3 heteroatoms. The smallest absolute Gasteiger partial charge is 0.168 e. The van der Waals surface area contributed by atoms with Gasteiger partial charge in [0, 0.05) is 12.8 Å². The summed E-state index contributed by atoms with van der Waals surface area (Å²) in [6.45, 7) is 6.54. The van der Waals surface area contributed by atoms with E-state index in [9.17, 15) is 5.11 Å². The van der Waals surface area contributed by atoms with Gasteiger partial charge in [-0.25, -0.2) is 0 Å². The Labute approximate surface area is 146 Å². The van der Waals surface area contributed by atoms with E-state index in [1.165, 1.54) is 38.5 Å². The van der Waals surface area contributed by atoms with E-state index >= 15 is 0 Å². The van der Waals surface area contributed by atoms with Gasteiger partial charge in [-0.1, -0.05) is 13.8 Å². The molecule has 1 saturated heterocycles. The van der Waals surface area contributed by atoms with Crippen LogP contribution in [0.3, 0.4) is 0 Å². The van der Waals surface area contributed by atoms with E-state index in [4.69, 9.17) is 9.47 Å². The lowest BCUT2D eigenvalue weighted by atomic mass is 9.45. The molecule has 0 bridgehead atoms. The maximum absolute atomic E-state index is 10.6. The Morgan fingerprint density at radius 1 is 0.792 bits per heavy atom. The van der Waals surface area contributed by atoms with Gasteiger partial charge >= 0.3 is 0 Å². The van der Waals surface area contributed by atoms with Crippen LogP contribution < -0.4 is 0 Å². The Morgan fingerprint density at radius 2 is 1.54 bits per heavy atom. The number of hydrogen-bond donors (Lipinski definition) is 1. The number of hydrogen-bond acceptors (Lipinski definition) is 3. The number of fused-ring (bicyclic) bond motifs is 5. The van der Waals surface area contributed by atoms with Crippen LogP contribution in [0, 0.1) is 34.5 Å². The average Bonchev–Trinajstić information content (AvgIpc) is 3.14. The molecule has 24 heavy (non-hydrogen) atoms.